The van der Waals surface area contributed by atoms with Crippen molar-refractivity contribution in [2.75, 3.05) is 26.9 Å². The van der Waals surface area contributed by atoms with E-state index in [0.29, 0.717) is 12.5 Å². The third-order valence-corrected chi connectivity index (χ3v) is 2.53. The maximum atomic E-state index is 11.5. The standard InChI is InChI=1S/C11H24N2O3/c1-8(2)9(3)13-11(15)5-12-10(6-14)7-16-4/h8-10,12,14H,5-7H2,1-4H3,(H,13,15). The van der Waals surface area contributed by atoms with Crippen molar-refractivity contribution >= 4 is 5.91 Å². The van der Waals surface area contributed by atoms with Crippen LogP contribution in [0.2, 0.25) is 0 Å². The molecule has 0 heterocycles. The third kappa shape index (κ3) is 6.76. The van der Waals surface area contributed by atoms with Gasteiger partial charge in [0.05, 0.1) is 25.8 Å². The van der Waals surface area contributed by atoms with Crippen LogP contribution in [0.1, 0.15) is 20.8 Å². The summed E-state index contributed by atoms with van der Waals surface area (Å²) in [5.41, 5.74) is 0. The fourth-order valence-corrected chi connectivity index (χ4v) is 1.09. The van der Waals surface area contributed by atoms with Crippen molar-refractivity contribution in [2.45, 2.75) is 32.9 Å². The number of carbonyl (C=O) groups is 1. The molecule has 5 nitrogen and oxygen atoms in total. The molecule has 0 aliphatic carbocycles. The minimum atomic E-state index is -0.190. The van der Waals surface area contributed by atoms with Gasteiger partial charge in [0.2, 0.25) is 5.91 Å². The number of aliphatic hydroxyl groups is 1. The van der Waals surface area contributed by atoms with Gasteiger partial charge >= 0.3 is 0 Å². The van der Waals surface area contributed by atoms with E-state index >= 15 is 0 Å². The molecule has 2 atom stereocenters. The molecule has 0 aromatic rings. The lowest BCUT2D eigenvalue weighted by Gasteiger charge is -2.19. The zero-order valence-electron chi connectivity index (χ0n) is 10.6. The molecule has 0 aromatic carbocycles. The van der Waals surface area contributed by atoms with Crippen LogP contribution in [-0.4, -0.2) is 50.0 Å². The van der Waals surface area contributed by atoms with E-state index in [9.17, 15) is 4.79 Å². The fraction of sp³-hybridized carbons (Fsp3) is 0.909. The van der Waals surface area contributed by atoms with Crippen LogP contribution < -0.4 is 10.6 Å². The number of hydrogen-bond acceptors (Lipinski definition) is 4. The Morgan fingerprint density at radius 1 is 1.38 bits per heavy atom. The van der Waals surface area contributed by atoms with Crippen LogP contribution in [-0.2, 0) is 9.53 Å². The third-order valence-electron chi connectivity index (χ3n) is 2.53. The van der Waals surface area contributed by atoms with Crippen molar-refractivity contribution < 1.29 is 14.6 Å². The number of amides is 1. The maximum Gasteiger partial charge on any atom is 0.234 e. The van der Waals surface area contributed by atoms with Gasteiger partial charge in [-0.3, -0.25) is 4.79 Å². The summed E-state index contributed by atoms with van der Waals surface area (Å²) in [5.74, 6) is 0.354. The highest BCUT2D eigenvalue weighted by molar-refractivity contribution is 5.78. The lowest BCUT2D eigenvalue weighted by Crippen LogP contribution is -2.46. The van der Waals surface area contributed by atoms with Gasteiger partial charge in [-0.15, -0.1) is 0 Å². The van der Waals surface area contributed by atoms with Crippen molar-refractivity contribution in [1.82, 2.24) is 10.6 Å². The van der Waals surface area contributed by atoms with Crippen molar-refractivity contribution in [2.24, 2.45) is 5.92 Å². The van der Waals surface area contributed by atoms with E-state index in [1.807, 2.05) is 6.92 Å². The normalized spacial score (nSPS) is 14.9. The zero-order valence-corrected chi connectivity index (χ0v) is 10.6. The Morgan fingerprint density at radius 2 is 2.00 bits per heavy atom. The Labute approximate surface area is 97.6 Å². The first-order chi connectivity index (χ1) is 7.51. The van der Waals surface area contributed by atoms with Crippen molar-refractivity contribution in [3.63, 3.8) is 0 Å². The molecule has 0 aromatic heterocycles. The zero-order chi connectivity index (χ0) is 12.6. The number of aliphatic hydroxyl groups excluding tert-OH is 1. The second kappa shape index (κ2) is 8.50. The molecule has 3 N–H and O–H groups in total. The monoisotopic (exact) mass is 232 g/mol. The molecular formula is C11H24N2O3. The summed E-state index contributed by atoms with van der Waals surface area (Å²) in [7, 11) is 1.56. The number of rotatable bonds is 8. The topological polar surface area (TPSA) is 70.6 Å². The minimum Gasteiger partial charge on any atom is -0.395 e. The smallest absolute Gasteiger partial charge is 0.234 e. The number of nitrogens with one attached hydrogen (secondary N) is 2. The van der Waals surface area contributed by atoms with Crippen LogP contribution in [0.5, 0.6) is 0 Å². The highest BCUT2D eigenvalue weighted by atomic mass is 16.5. The first kappa shape index (κ1) is 15.3. The molecule has 0 bridgehead atoms. The van der Waals surface area contributed by atoms with Gasteiger partial charge < -0.3 is 20.5 Å². The van der Waals surface area contributed by atoms with E-state index in [4.69, 9.17) is 9.84 Å². The largest absolute Gasteiger partial charge is 0.395 e. The molecule has 1 amide bonds. The van der Waals surface area contributed by atoms with Crippen LogP contribution in [0.25, 0.3) is 0 Å². The second-order valence-electron chi connectivity index (χ2n) is 4.32. The molecule has 0 rings (SSSR count). The highest BCUT2D eigenvalue weighted by Crippen LogP contribution is 1.98. The van der Waals surface area contributed by atoms with Crippen LogP contribution in [0.15, 0.2) is 0 Å². The SMILES string of the molecule is COCC(CO)NCC(=O)NC(C)C(C)C. The van der Waals surface area contributed by atoms with E-state index in [0.717, 1.165) is 0 Å². The predicted octanol–water partition coefficient (Wildman–Crippen LogP) is -0.256. The van der Waals surface area contributed by atoms with Crippen LogP contribution in [0, 0.1) is 5.92 Å². The lowest BCUT2D eigenvalue weighted by atomic mass is 10.1. The van der Waals surface area contributed by atoms with Gasteiger partial charge in [0, 0.05) is 13.2 Å². The first-order valence-corrected chi connectivity index (χ1v) is 5.63. The molecule has 0 aliphatic rings. The van der Waals surface area contributed by atoms with Crippen molar-refractivity contribution in [3.05, 3.63) is 0 Å². The molecule has 0 saturated carbocycles. The molecule has 0 aliphatic heterocycles. The van der Waals surface area contributed by atoms with Gasteiger partial charge in [0.25, 0.3) is 0 Å². The number of hydrogen-bond donors (Lipinski definition) is 3. The maximum absolute atomic E-state index is 11.5. The van der Waals surface area contributed by atoms with Gasteiger partial charge in [0.1, 0.15) is 0 Å². The Bertz CT molecular complexity index is 198. The van der Waals surface area contributed by atoms with Gasteiger partial charge in [-0.1, -0.05) is 13.8 Å². The van der Waals surface area contributed by atoms with Crippen molar-refractivity contribution in [3.8, 4) is 0 Å². The summed E-state index contributed by atoms with van der Waals surface area (Å²) < 4.78 is 4.89. The quantitative estimate of drug-likeness (QED) is 0.539. The minimum absolute atomic E-state index is 0.0408. The summed E-state index contributed by atoms with van der Waals surface area (Å²) in [4.78, 5) is 11.5. The van der Waals surface area contributed by atoms with Crippen molar-refractivity contribution in [1.29, 1.82) is 0 Å². The van der Waals surface area contributed by atoms with E-state index in [2.05, 4.69) is 24.5 Å². The Kier molecular flexibility index (Phi) is 8.15. The van der Waals surface area contributed by atoms with Gasteiger partial charge in [0.15, 0.2) is 0 Å². The van der Waals surface area contributed by atoms with Crippen LogP contribution in [0.3, 0.4) is 0 Å². The molecule has 96 valence electrons. The molecule has 0 fully saturated rings. The first-order valence-electron chi connectivity index (χ1n) is 5.63. The number of methoxy groups -OCH3 is 1. The summed E-state index contributed by atoms with van der Waals surface area (Å²) in [5, 5.41) is 14.8. The lowest BCUT2D eigenvalue weighted by molar-refractivity contribution is -0.121. The molecule has 5 heteroatoms. The van der Waals surface area contributed by atoms with E-state index in [-0.39, 0.29) is 31.1 Å². The molecule has 0 radical (unpaired) electrons. The van der Waals surface area contributed by atoms with Gasteiger partial charge in [-0.25, -0.2) is 0 Å². The Morgan fingerprint density at radius 3 is 2.44 bits per heavy atom. The number of carbonyl (C=O) groups excluding carboxylic acids is 1. The van der Waals surface area contributed by atoms with Gasteiger partial charge in [-0.2, -0.15) is 0 Å². The highest BCUT2D eigenvalue weighted by Gasteiger charge is 2.12. The number of ether oxygens (including phenoxy) is 1. The molecular weight excluding hydrogens is 208 g/mol. The van der Waals surface area contributed by atoms with Gasteiger partial charge in [-0.05, 0) is 12.8 Å². The fourth-order valence-electron chi connectivity index (χ4n) is 1.09. The average molecular weight is 232 g/mol. The molecule has 16 heavy (non-hydrogen) atoms. The van der Waals surface area contributed by atoms with E-state index in [1.54, 1.807) is 7.11 Å². The molecule has 2 unspecified atom stereocenters. The summed E-state index contributed by atoms with van der Waals surface area (Å²) in [6, 6.07) is -0.0330. The summed E-state index contributed by atoms with van der Waals surface area (Å²) in [6.07, 6.45) is 0. The average Bonchev–Trinajstić information content (AvgIpc) is 2.23. The molecule has 0 saturated heterocycles. The summed E-state index contributed by atoms with van der Waals surface area (Å²) >= 11 is 0. The van der Waals surface area contributed by atoms with Crippen LogP contribution in [0.4, 0.5) is 0 Å². The predicted molar refractivity (Wildman–Crippen MR) is 63.2 cm³/mol. The Hall–Kier alpha value is -0.650. The second-order valence-corrected chi connectivity index (χ2v) is 4.32. The van der Waals surface area contributed by atoms with E-state index < -0.39 is 0 Å². The van der Waals surface area contributed by atoms with Crippen LogP contribution >= 0.6 is 0 Å². The molecule has 0 spiro atoms. The summed E-state index contributed by atoms with van der Waals surface area (Å²) in [6.45, 7) is 6.64. The Balaban J connectivity index is 3.79. The van der Waals surface area contributed by atoms with E-state index in [1.165, 1.54) is 0 Å².